The number of hydrogen-bond donors (Lipinski definition) is 0. The number of rotatable bonds is 3. The largest absolute Gasteiger partial charge is 0.378 e. The molecule has 0 saturated carbocycles. The van der Waals surface area contributed by atoms with Crippen molar-refractivity contribution in [1.82, 2.24) is 9.88 Å². The first-order valence-electron chi connectivity index (χ1n) is 5.52. The first-order valence-corrected chi connectivity index (χ1v) is 6.40. The fourth-order valence-corrected chi connectivity index (χ4v) is 2.48. The molecule has 1 aliphatic heterocycles. The lowest BCUT2D eigenvalue weighted by atomic mass is 10.2. The Labute approximate surface area is 99.2 Å². The molecule has 2 rings (SSSR count). The molecule has 1 saturated heterocycles. The highest BCUT2D eigenvalue weighted by Crippen LogP contribution is 2.12. The summed E-state index contributed by atoms with van der Waals surface area (Å²) in [4.78, 5) is 18.1. The summed E-state index contributed by atoms with van der Waals surface area (Å²) in [5.74, 6) is 0.219. The molecule has 1 aromatic heterocycles. The average Bonchev–Trinajstić information content (AvgIpc) is 2.73. The van der Waals surface area contributed by atoms with Crippen LogP contribution in [0.1, 0.15) is 17.1 Å². The second-order valence-electron chi connectivity index (χ2n) is 3.88. The van der Waals surface area contributed by atoms with E-state index in [0.717, 1.165) is 30.2 Å². The summed E-state index contributed by atoms with van der Waals surface area (Å²) in [7, 11) is 0. The van der Waals surface area contributed by atoms with E-state index in [1.165, 1.54) is 0 Å². The highest BCUT2D eigenvalue weighted by atomic mass is 32.1. The third kappa shape index (κ3) is 3.02. The average molecular weight is 240 g/mol. The Hall–Kier alpha value is -0.940. The molecule has 88 valence electrons. The van der Waals surface area contributed by atoms with E-state index in [0.29, 0.717) is 19.6 Å². The lowest BCUT2D eigenvalue weighted by Gasteiger charge is -2.26. The van der Waals surface area contributed by atoms with Crippen LogP contribution in [0.4, 0.5) is 0 Å². The number of amides is 1. The topological polar surface area (TPSA) is 42.4 Å². The van der Waals surface area contributed by atoms with Crippen LogP contribution < -0.4 is 0 Å². The second-order valence-corrected chi connectivity index (χ2v) is 4.82. The van der Waals surface area contributed by atoms with Crippen molar-refractivity contribution in [3.05, 3.63) is 16.1 Å². The number of aryl methyl sites for hydroxylation is 2. The molecular formula is C11H16N2O2S. The molecule has 0 N–H and O–H groups in total. The fourth-order valence-electron chi connectivity index (χ4n) is 1.70. The monoisotopic (exact) mass is 240 g/mol. The maximum absolute atomic E-state index is 11.8. The Morgan fingerprint density at radius 3 is 2.94 bits per heavy atom. The smallest absolute Gasteiger partial charge is 0.223 e. The maximum atomic E-state index is 11.8. The summed E-state index contributed by atoms with van der Waals surface area (Å²) in [6, 6.07) is 0. The summed E-state index contributed by atoms with van der Waals surface area (Å²) in [6.07, 6.45) is 1.32. The molecule has 0 aliphatic carbocycles. The molecular weight excluding hydrogens is 224 g/mol. The molecule has 2 heterocycles. The Balaban J connectivity index is 1.78. The Kier molecular flexibility index (Phi) is 3.90. The summed E-state index contributed by atoms with van der Waals surface area (Å²) in [5, 5.41) is 3.08. The molecule has 1 aromatic rings. The van der Waals surface area contributed by atoms with Gasteiger partial charge in [0.05, 0.1) is 18.2 Å². The maximum Gasteiger partial charge on any atom is 0.223 e. The quantitative estimate of drug-likeness (QED) is 0.798. The summed E-state index contributed by atoms with van der Waals surface area (Å²) < 4.78 is 5.21. The predicted molar refractivity (Wildman–Crippen MR) is 62.6 cm³/mol. The standard InChI is InChI=1S/C11H16N2O2S/c1-9-8-16-10(12-9)2-3-11(14)13-4-6-15-7-5-13/h8H,2-7H2,1H3. The lowest BCUT2D eigenvalue weighted by Crippen LogP contribution is -2.40. The minimum Gasteiger partial charge on any atom is -0.378 e. The summed E-state index contributed by atoms with van der Waals surface area (Å²) in [6.45, 7) is 4.78. The van der Waals surface area contributed by atoms with E-state index in [-0.39, 0.29) is 5.91 Å². The molecule has 0 unspecified atom stereocenters. The molecule has 0 atom stereocenters. The van der Waals surface area contributed by atoms with Crippen LogP contribution >= 0.6 is 11.3 Å². The van der Waals surface area contributed by atoms with E-state index in [1.807, 2.05) is 17.2 Å². The van der Waals surface area contributed by atoms with Crippen molar-refractivity contribution in [2.24, 2.45) is 0 Å². The van der Waals surface area contributed by atoms with Gasteiger partial charge in [0.25, 0.3) is 0 Å². The van der Waals surface area contributed by atoms with Crippen molar-refractivity contribution in [2.45, 2.75) is 19.8 Å². The molecule has 4 nitrogen and oxygen atoms in total. The zero-order valence-electron chi connectivity index (χ0n) is 9.44. The van der Waals surface area contributed by atoms with Crippen molar-refractivity contribution < 1.29 is 9.53 Å². The molecule has 0 radical (unpaired) electrons. The van der Waals surface area contributed by atoms with E-state index in [9.17, 15) is 4.79 Å². The number of morpholine rings is 1. The fraction of sp³-hybridized carbons (Fsp3) is 0.636. The highest BCUT2D eigenvalue weighted by molar-refractivity contribution is 7.09. The van der Waals surface area contributed by atoms with Crippen LogP contribution in [0.3, 0.4) is 0 Å². The second kappa shape index (κ2) is 5.41. The van der Waals surface area contributed by atoms with Crippen LogP contribution in [0.2, 0.25) is 0 Å². The van der Waals surface area contributed by atoms with Crippen LogP contribution in [-0.4, -0.2) is 42.1 Å². The number of ether oxygens (including phenoxy) is 1. The molecule has 0 bridgehead atoms. The Morgan fingerprint density at radius 1 is 1.56 bits per heavy atom. The van der Waals surface area contributed by atoms with Crippen LogP contribution in [0, 0.1) is 6.92 Å². The van der Waals surface area contributed by atoms with Crippen molar-refractivity contribution in [3.63, 3.8) is 0 Å². The van der Waals surface area contributed by atoms with E-state index < -0.39 is 0 Å². The van der Waals surface area contributed by atoms with Gasteiger partial charge in [-0.15, -0.1) is 11.3 Å². The van der Waals surface area contributed by atoms with Gasteiger partial charge in [-0.05, 0) is 6.92 Å². The van der Waals surface area contributed by atoms with E-state index in [1.54, 1.807) is 11.3 Å². The third-order valence-electron chi connectivity index (χ3n) is 2.58. The van der Waals surface area contributed by atoms with Gasteiger partial charge in [0, 0.05) is 37.0 Å². The van der Waals surface area contributed by atoms with Gasteiger partial charge in [-0.25, -0.2) is 4.98 Å². The molecule has 1 fully saturated rings. The van der Waals surface area contributed by atoms with E-state index in [2.05, 4.69) is 4.98 Å². The zero-order valence-corrected chi connectivity index (χ0v) is 10.3. The number of carbonyl (C=O) groups is 1. The molecule has 1 amide bonds. The van der Waals surface area contributed by atoms with Crippen molar-refractivity contribution in [3.8, 4) is 0 Å². The van der Waals surface area contributed by atoms with Crippen LogP contribution in [0.5, 0.6) is 0 Å². The van der Waals surface area contributed by atoms with Gasteiger partial charge in [0.1, 0.15) is 0 Å². The minimum atomic E-state index is 0.219. The van der Waals surface area contributed by atoms with E-state index >= 15 is 0 Å². The number of carbonyl (C=O) groups excluding carboxylic acids is 1. The van der Waals surface area contributed by atoms with Gasteiger partial charge in [-0.1, -0.05) is 0 Å². The summed E-state index contributed by atoms with van der Waals surface area (Å²) in [5.41, 5.74) is 1.04. The SMILES string of the molecule is Cc1csc(CCC(=O)N2CCOCC2)n1. The molecule has 0 aromatic carbocycles. The van der Waals surface area contributed by atoms with Gasteiger partial charge >= 0.3 is 0 Å². The Bertz CT molecular complexity index is 359. The molecule has 5 heteroatoms. The zero-order chi connectivity index (χ0) is 11.4. The van der Waals surface area contributed by atoms with Gasteiger partial charge in [-0.3, -0.25) is 4.79 Å². The van der Waals surface area contributed by atoms with Gasteiger partial charge in [0.2, 0.25) is 5.91 Å². The van der Waals surface area contributed by atoms with E-state index in [4.69, 9.17) is 4.74 Å². The minimum absolute atomic E-state index is 0.219. The number of hydrogen-bond acceptors (Lipinski definition) is 4. The van der Waals surface area contributed by atoms with Crippen LogP contribution in [-0.2, 0) is 16.0 Å². The third-order valence-corrected chi connectivity index (χ3v) is 3.61. The Morgan fingerprint density at radius 2 is 2.31 bits per heavy atom. The molecule has 16 heavy (non-hydrogen) atoms. The van der Waals surface area contributed by atoms with Crippen molar-refractivity contribution >= 4 is 17.2 Å². The highest BCUT2D eigenvalue weighted by Gasteiger charge is 2.16. The van der Waals surface area contributed by atoms with Gasteiger partial charge in [-0.2, -0.15) is 0 Å². The van der Waals surface area contributed by atoms with Gasteiger partial charge in [0.15, 0.2) is 0 Å². The molecule has 0 spiro atoms. The van der Waals surface area contributed by atoms with Crippen LogP contribution in [0.15, 0.2) is 5.38 Å². The lowest BCUT2D eigenvalue weighted by molar-refractivity contribution is -0.135. The van der Waals surface area contributed by atoms with Crippen LogP contribution in [0.25, 0.3) is 0 Å². The first-order chi connectivity index (χ1) is 7.75. The predicted octanol–water partition coefficient (Wildman–Crippen LogP) is 1.24. The number of nitrogens with zero attached hydrogens (tertiary/aromatic N) is 2. The first kappa shape index (κ1) is 11.5. The normalized spacial score (nSPS) is 16.4. The molecule has 1 aliphatic rings. The van der Waals surface area contributed by atoms with Crippen molar-refractivity contribution in [2.75, 3.05) is 26.3 Å². The number of aromatic nitrogens is 1. The van der Waals surface area contributed by atoms with Crippen molar-refractivity contribution in [1.29, 1.82) is 0 Å². The summed E-state index contributed by atoms with van der Waals surface area (Å²) >= 11 is 1.63. The van der Waals surface area contributed by atoms with Gasteiger partial charge < -0.3 is 9.64 Å². The number of thiazole rings is 1.